The molecular formula is C13H19NO2. The highest BCUT2D eigenvalue weighted by molar-refractivity contribution is 5.36. The van der Waals surface area contributed by atoms with Crippen molar-refractivity contribution in [2.45, 2.75) is 12.5 Å². The maximum Gasteiger partial charge on any atom is 0.124 e. The van der Waals surface area contributed by atoms with Crippen LogP contribution in [0.15, 0.2) is 36.9 Å². The van der Waals surface area contributed by atoms with E-state index in [2.05, 4.69) is 6.58 Å². The SMILES string of the molecule is C=CCC(N)c1ccccc1OCCOC. The highest BCUT2D eigenvalue weighted by atomic mass is 16.5. The molecule has 0 amide bonds. The lowest BCUT2D eigenvalue weighted by Gasteiger charge is -2.15. The second-order valence-electron chi connectivity index (χ2n) is 3.51. The Bertz CT molecular complexity index is 325. The largest absolute Gasteiger partial charge is 0.491 e. The molecule has 0 heterocycles. The van der Waals surface area contributed by atoms with Gasteiger partial charge in [-0.05, 0) is 12.5 Å². The van der Waals surface area contributed by atoms with Crippen LogP contribution < -0.4 is 10.5 Å². The first-order valence-electron chi connectivity index (χ1n) is 5.36. The van der Waals surface area contributed by atoms with E-state index in [-0.39, 0.29) is 6.04 Å². The van der Waals surface area contributed by atoms with Gasteiger partial charge in [-0.1, -0.05) is 24.3 Å². The van der Waals surface area contributed by atoms with Crippen molar-refractivity contribution >= 4 is 0 Å². The first-order chi connectivity index (χ1) is 7.79. The van der Waals surface area contributed by atoms with Gasteiger partial charge in [0, 0.05) is 18.7 Å². The summed E-state index contributed by atoms with van der Waals surface area (Å²) in [5.41, 5.74) is 7.04. The minimum Gasteiger partial charge on any atom is -0.491 e. The fourth-order valence-corrected chi connectivity index (χ4v) is 1.46. The summed E-state index contributed by atoms with van der Waals surface area (Å²) in [5, 5.41) is 0. The van der Waals surface area contributed by atoms with Crippen molar-refractivity contribution in [1.82, 2.24) is 0 Å². The highest BCUT2D eigenvalue weighted by Crippen LogP contribution is 2.25. The normalized spacial score (nSPS) is 12.1. The van der Waals surface area contributed by atoms with Crippen LogP contribution in [0.4, 0.5) is 0 Å². The van der Waals surface area contributed by atoms with Crippen LogP contribution in [0.25, 0.3) is 0 Å². The van der Waals surface area contributed by atoms with E-state index in [1.165, 1.54) is 0 Å². The van der Waals surface area contributed by atoms with E-state index < -0.39 is 0 Å². The lowest BCUT2D eigenvalue weighted by atomic mass is 10.0. The third-order valence-corrected chi connectivity index (χ3v) is 2.28. The fourth-order valence-electron chi connectivity index (χ4n) is 1.46. The first kappa shape index (κ1) is 12.7. The van der Waals surface area contributed by atoms with Gasteiger partial charge in [-0.15, -0.1) is 6.58 Å². The van der Waals surface area contributed by atoms with Gasteiger partial charge in [0.2, 0.25) is 0 Å². The average molecular weight is 221 g/mol. The summed E-state index contributed by atoms with van der Waals surface area (Å²) in [5.74, 6) is 0.828. The molecule has 1 rings (SSSR count). The van der Waals surface area contributed by atoms with E-state index in [9.17, 15) is 0 Å². The van der Waals surface area contributed by atoms with E-state index in [1.54, 1.807) is 7.11 Å². The van der Waals surface area contributed by atoms with Gasteiger partial charge in [-0.2, -0.15) is 0 Å². The molecule has 2 N–H and O–H groups in total. The number of methoxy groups -OCH3 is 1. The number of hydrogen-bond donors (Lipinski definition) is 1. The summed E-state index contributed by atoms with van der Waals surface area (Å²) in [6.07, 6.45) is 2.56. The summed E-state index contributed by atoms with van der Waals surface area (Å²) in [6.45, 7) is 4.80. The van der Waals surface area contributed by atoms with Crippen molar-refractivity contribution < 1.29 is 9.47 Å². The zero-order chi connectivity index (χ0) is 11.8. The second-order valence-corrected chi connectivity index (χ2v) is 3.51. The molecule has 1 aromatic carbocycles. The molecule has 0 aliphatic rings. The standard InChI is InChI=1S/C13H19NO2/c1-3-6-12(14)11-7-4-5-8-13(11)16-10-9-15-2/h3-5,7-8,12H,1,6,9-10,14H2,2H3. The number of ether oxygens (including phenoxy) is 2. The van der Waals surface area contributed by atoms with E-state index in [0.717, 1.165) is 17.7 Å². The molecule has 3 heteroatoms. The molecule has 16 heavy (non-hydrogen) atoms. The lowest BCUT2D eigenvalue weighted by Crippen LogP contribution is -2.12. The molecule has 1 unspecified atom stereocenters. The van der Waals surface area contributed by atoms with Gasteiger partial charge in [0.15, 0.2) is 0 Å². The molecule has 0 aliphatic heterocycles. The molecule has 3 nitrogen and oxygen atoms in total. The molecule has 0 saturated carbocycles. The smallest absolute Gasteiger partial charge is 0.124 e. The third-order valence-electron chi connectivity index (χ3n) is 2.28. The Hall–Kier alpha value is -1.32. The van der Waals surface area contributed by atoms with Gasteiger partial charge in [-0.3, -0.25) is 0 Å². The highest BCUT2D eigenvalue weighted by Gasteiger charge is 2.09. The summed E-state index contributed by atoms with van der Waals surface area (Å²) in [4.78, 5) is 0. The minimum atomic E-state index is -0.0590. The summed E-state index contributed by atoms with van der Waals surface area (Å²) < 4.78 is 10.5. The van der Waals surface area contributed by atoms with Crippen LogP contribution in [-0.4, -0.2) is 20.3 Å². The second kappa shape index (κ2) is 7.04. The van der Waals surface area contributed by atoms with Gasteiger partial charge >= 0.3 is 0 Å². The monoisotopic (exact) mass is 221 g/mol. The van der Waals surface area contributed by atoms with Gasteiger partial charge in [-0.25, -0.2) is 0 Å². The summed E-state index contributed by atoms with van der Waals surface area (Å²) in [6, 6.07) is 7.74. The van der Waals surface area contributed by atoms with E-state index in [0.29, 0.717) is 13.2 Å². The molecule has 0 aromatic heterocycles. The number of rotatable bonds is 7. The maximum absolute atomic E-state index is 6.03. The molecule has 0 aliphatic carbocycles. The Balaban J connectivity index is 2.70. The predicted octanol–water partition coefficient (Wildman–Crippen LogP) is 2.29. The van der Waals surface area contributed by atoms with Crippen LogP contribution in [0, 0.1) is 0 Å². The Kier molecular flexibility index (Phi) is 5.61. The molecule has 0 fully saturated rings. The molecule has 1 aromatic rings. The van der Waals surface area contributed by atoms with Crippen LogP contribution in [0.1, 0.15) is 18.0 Å². The third kappa shape index (κ3) is 3.68. The van der Waals surface area contributed by atoms with Gasteiger partial charge in [0.1, 0.15) is 12.4 Å². The zero-order valence-electron chi connectivity index (χ0n) is 9.69. The van der Waals surface area contributed by atoms with Crippen molar-refractivity contribution in [2.24, 2.45) is 5.73 Å². The first-order valence-corrected chi connectivity index (χ1v) is 5.36. The Morgan fingerprint density at radius 3 is 2.81 bits per heavy atom. The van der Waals surface area contributed by atoms with E-state index in [1.807, 2.05) is 30.3 Å². The topological polar surface area (TPSA) is 44.5 Å². The Morgan fingerprint density at radius 1 is 1.38 bits per heavy atom. The minimum absolute atomic E-state index is 0.0590. The quantitative estimate of drug-likeness (QED) is 0.567. The Labute approximate surface area is 96.9 Å². The van der Waals surface area contributed by atoms with Crippen LogP contribution >= 0.6 is 0 Å². The van der Waals surface area contributed by atoms with Crippen molar-refractivity contribution in [2.75, 3.05) is 20.3 Å². The van der Waals surface area contributed by atoms with Crippen molar-refractivity contribution in [1.29, 1.82) is 0 Å². The number of hydrogen-bond acceptors (Lipinski definition) is 3. The zero-order valence-corrected chi connectivity index (χ0v) is 9.69. The van der Waals surface area contributed by atoms with Crippen molar-refractivity contribution in [3.05, 3.63) is 42.5 Å². The average Bonchev–Trinajstić information content (AvgIpc) is 2.30. The van der Waals surface area contributed by atoms with Crippen LogP contribution in [0.2, 0.25) is 0 Å². The number of para-hydroxylation sites is 1. The van der Waals surface area contributed by atoms with E-state index >= 15 is 0 Å². The number of benzene rings is 1. The molecule has 0 spiro atoms. The summed E-state index contributed by atoms with van der Waals surface area (Å²) >= 11 is 0. The predicted molar refractivity (Wildman–Crippen MR) is 65.6 cm³/mol. The fraction of sp³-hybridized carbons (Fsp3) is 0.385. The van der Waals surface area contributed by atoms with Gasteiger partial charge < -0.3 is 15.2 Å². The lowest BCUT2D eigenvalue weighted by molar-refractivity contribution is 0.145. The van der Waals surface area contributed by atoms with Crippen LogP contribution in [-0.2, 0) is 4.74 Å². The van der Waals surface area contributed by atoms with Crippen LogP contribution in [0.3, 0.4) is 0 Å². The molecule has 0 saturated heterocycles. The van der Waals surface area contributed by atoms with Gasteiger partial charge in [0.25, 0.3) is 0 Å². The van der Waals surface area contributed by atoms with Crippen molar-refractivity contribution in [3.8, 4) is 5.75 Å². The summed E-state index contributed by atoms with van der Waals surface area (Å²) in [7, 11) is 1.65. The van der Waals surface area contributed by atoms with Crippen LogP contribution in [0.5, 0.6) is 5.75 Å². The Morgan fingerprint density at radius 2 is 2.12 bits per heavy atom. The maximum atomic E-state index is 6.03. The van der Waals surface area contributed by atoms with Gasteiger partial charge in [0.05, 0.1) is 6.61 Å². The number of nitrogens with two attached hydrogens (primary N) is 1. The molecule has 0 bridgehead atoms. The van der Waals surface area contributed by atoms with Crippen molar-refractivity contribution in [3.63, 3.8) is 0 Å². The molecular weight excluding hydrogens is 202 g/mol. The molecule has 0 radical (unpaired) electrons. The van der Waals surface area contributed by atoms with E-state index in [4.69, 9.17) is 15.2 Å². The molecule has 88 valence electrons. The molecule has 1 atom stereocenters.